The summed E-state index contributed by atoms with van der Waals surface area (Å²) >= 11 is 0. The zero-order chi connectivity index (χ0) is 27.7. The number of aromatic carboxylic acids is 1. The summed E-state index contributed by atoms with van der Waals surface area (Å²) in [7, 11) is 2.94. The molecule has 2 rings (SSSR count). The van der Waals surface area contributed by atoms with E-state index in [0.717, 1.165) is 36.2 Å². The number of carboxylic acids is 1. The number of nitrogens with zero attached hydrogens (tertiary/aromatic N) is 1. The summed E-state index contributed by atoms with van der Waals surface area (Å²) in [5.41, 5.74) is 7.83. The highest BCUT2D eigenvalue weighted by molar-refractivity contribution is 5.95. The van der Waals surface area contributed by atoms with Gasteiger partial charge in [-0.15, -0.1) is 0 Å². The van der Waals surface area contributed by atoms with Gasteiger partial charge in [-0.3, -0.25) is 0 Å². The van der Waals surface area contributed by atoms with Crippen LogP contribution >= 0.6 is 0 Å². The molecule has 5 nitrogen and oxygen atoms in total. The predicted molar refractivity (Wildman–Crippen MR) is 155 cm³/mol. The second-order valence-corrected chi connectivity index (χ2v) is 9.58. The van der Waals surface area contributed by atoms with Crippen molar-refractivity contribution in [2.75, 3.05) is 19.1 Å². The van der Waals surface area contributed by atoms with Gasteiger partial charge in [0.25, 0.3) is 0 Å². The third-order valence-corrected chi connectivity index (χ3v) is 6.75. The van der Waals surface area contributed by atoms with E-state index in [0.29, 0.717) is 5.92 Å². The molecule has 0 fully saturated rings. The highest BCUT2D eigenvalue weighted by Gasteiger charge is 2.22. The quantitative estimate of drug-likeness (QED) is 0.292. The van der Waals surface area contributed by atoms with Gasteiger partial charge in [0.15, 0.2) is 0 Å². The summed E-state index contributed by atoms with van der Waals surface area (Å²) in [4.78, 5) is 14.0. The molecule has 2 aromatic carbocycles. The molecule has 0 spiro atoms. The molecule has 0 aliphatic heterocycles. The van der Waals surface area contributed by atoms with Crippen molar-refractivity contribution in [1.82, 2.24) is 0 Å². The van der Waals surface area contributed by atoms with E-state index >= 15 is 0 Å². The minimum Gasteiger partial charge on any atom is -0.496 e. The molecule has 0 amide bonds. The minimum atomic E-state index is -1.09. The van der Waals surface area contributed by atoms with Crippen LogP contribution < -0.4 is 14.4 Å². The molecule has 1 N–H and O–H groups in total. The van der Waals surface area contributed by atoms with E-state index in [1.165, 1.54) is 36.5 Å². The van der Waals surface area contributed by atoms with Crippen LogP contribution in [0.4, 0.5) is 11.4 Å². The summed E-state index contributed by atoms with van der Waals surface area (Å²) in [5.74, 6) is -0.107. The van der Waals surface area contributed by atoms with E-state index < -0.39 is 5.97 Å². The molecule has 0 aliphatic rings. The van der Waals surface area contributed by atoms with Crippen molar-refractivity contribution in [3.8, 4) is 11.5 Å². The molecule has 0 heterocycles. The van der Waals surface area contributed by atoms with E-state index in [1.807, 2.05) is 0 Å². The zero-order valence-electron chi connectivity index (χ0n) is 23.9. The van der Waals surface area contributed by atoms with E-state index in [2.05, 4.69) is 89.9 Å². The van der Waals surface area contributed by atoms with Crippen molar-refractivity contribution in [3.63, 3.8) is 0 Å². The average Bonchev–Trinajstić information content (AvgIpc) is 2.89. The third kappa shape index (κ3) is 7.51. The van der Waals surface area contributed by atoms with Gasteiger partial charge < -0.3 is 19.5 Å². The Hall–Kier alpha value is -3.47. The van der Waals surface area contributed by atoms with Crippen LogP contribution in [0.1, 0.15) is 82.3 Å². The van der Waals surface area contributed by atoms with E-state index in [9.17, 15) is 9.90 Å². The lowest BCUT2D eigenvalue weighted by Crippen LogP contribution is -2.13. The SMILES string of the molecule is CC/C(C)=C\N(c1cc(OC)c(C(=O)O)c(OC)c1)c1ccc(C(/C=C(\C)CC)=C/C(C)CC)cc1C. The van der Waals surface area contributed by atoms with Crippen molar-refractivity contribution >= 4 is 22.9 Å². The number of aryl methyl sites for hydroxylation is 1. The molecule has 0 radical (unpaired) electrons. The number of benzene rings is 2. The standard InChI is InChI=1S/C32H43NO4/c1-10-21(4)15-26(16-22(5)11-2)25-13-14-28(24(7)17-25)33(20-23(6)12-3)27-18-29(36-8)31(32(34)35)30(19-27)37-9/h13-21H,10-12H2,1-9H3,(H,34,35)/b22-16+,23-20-,26-15+. The smallest absolute Gasteiger partial charge is 0.343 e. The lowest BCUT2D eigenvalue weighted by Gasteiger charge is -2.26. The summed E-state index contributed by atoms with van der Waals surface area (Å²) in [6.45, 7) is 15.1. The lowest BCUT2D eigenvalue weighted by atomic mass is 9.95. The second kappa shape index (κ2) is 13.7. The topological polar surface area (TPSA) is 59.0 Å². The van der Waals surface area contributed by atoms with Crippen LogP contribution in [0.5, 0.6) is 11.5 Å². The van der Waals surface area contributed by atoms with Gasteiger partial charge in [-0.2, -0.15) is 0 Å². The Morgan fingerprint density at radius 1 is 1.00 bits per heavy atom. The van der Waals surface area contributed by atoms with Crippen LogP contribution in [0.25, 0.3) is 5.57 Å². The number of carbonyl (C=O) groups is 1. The molecule has 0 saturated heterocycles. The molecule has 0 bridgehead atoms. The van der Waals surface area contributed by atoms with Gasteiger partial charge in [0.1, 0.15) is 17.1 Å². The number of methoxy groups -OCH3 is 2. The molecule has 5 heteroatoms. The molecule has 0 aliphatic carbocycles. The Bertz CT molecular complexity index is 1160. The molecule has 2 aromatic rings. The van der Waals surface area contributed by atoms with Crippen LogP contribution in [0.2, 0.25) is 0 Å². The maximum atomic E-state index is 11.9. The Morgan fingerprint density at radius 2 is 1.59 bits per heavy atom. The molecule has 1 atom stereocenters. The van der Waals surface area contributed by atoms with Gasteiger partial charge >= 0.3 is 5.97 Å². The largest absolute Gasteiger partial charge is 0.496 e. The van der Waals surface area contributed by atoms with Crippen LogP contribution in [0.3, 0.4) is 0 Å². The van der Waals surface area contributed by atoms with Gasteiger partial charge in [0.05, 0.1) is 19.9 Å². The minimum absolute atomic E-state index is 0.00914. The summed E-state index contributed by atoms with van der Waals surface area (Å²) < 4.78 is 10.9. The summed E-state index contributed by atoms with van der Waals surface area (Å²) in [5, 5.41) is 9.73. The Balaban J connectivity index is 2.74. The normalized spacial score (nSPS) is 13.4. The van der Waals surface area contributed by atoms with Crippen molar-refractivity contribution < 1.29 is 19.4 Å². The summed E-state index contributed by atoms with van der Waals surface area (Å²) in [6.07, 6.45) is 9.72. The number of hydrogen-bond donors (Lipinski definition) is 1. The highest BCUT2D eigenvalue weighted by atomic mass is 16.5. The average molecular weight is 506 g/mol. The monoisotopic (exact) mass is 505 g/mol. The first kappa shape index (κ1) is 29.8. The fourth-order valence-electron chi connectivity index (χ4n) is 3.97. The fourth-order valence-corrected chi connectivity index (χ4v) is 3.97. The fraction of sp³-hybridized carbons (Fsp3) is 0.406. The van der Waals surface area contributed by atoms with Crippen LogP contribution in [-0.2, 0) is 0 Å². The van der Waals surface area contributed by atoms with Gasteiger partial charge in [0, 0.05) is 24.0 Å². The molecule has 1 unspecified atom stereocenters. The zero-order valence-corrected chi connectivity index (χ0v) is 23.9. The van der Waals surface area contributed by atoms with Gasteiger partial charge in [0.2, 0.25) is 0 Å². The summed E-state index contributed by atoms with van der Waals surface area (Å²) in [6, 6.07) is 10.0. The Kier molecular flexibility index (Phi) is 11.0. The van der Waals surface area contributed by atoms with Crippen LogP contribution in [-0.4, -0.2) is 25.3 Å². The number of hydrogen-bond acceptors (Lipinski definition) is 4. The first-order valence-electron chi connectivity index (χ1n) is 13.1. The molecular formula is C32H43NO4. The molecule has 37 heavy (non-hydrogen) atoms. The second-order valence-electron chi connectivity index (χ2n) is 9.58. The first-order valence-corrected chi connectivity index (χ1v) is 13.1. The maximum absolute atomic E-state index is 11.9. The number of rotatable bonds is 12. The van der Waals surface area contributed by atoms with Gasteiger partial charge in [-0.1, -0.05) is 63.5 Å². The van der Waals surface area contributed by atoms with Crippen LogP contribution in [0.15, 0.2) is 59.8 Å². The van der Waals surface area contributed by atoms with Crippen LogP contribution in [0, 0.1) is 12.8 Å². The lowest BCUT2D eigenvalue weighted by molar-refractivity contribution is 0.0689. The molecule has 0 aromatic heterocycles. The van der Waals surface area contributed by atoms with Crippen molar-refractivity contribution in [3.05, 3.63) is 76.5 Å². The Morgan fingerprint density at radius 3 is 2.05 bits per heavy atom. The number of anilines is 2. The third-order valence-electron chi connectivity index (χ3n) is 6.75. The molecule has 200 valence electrons. The maximum Gasteiger partial charge on any atom is 0.343 e. The van der Waals surface area contributed by atoms with Gasteiger partial charge in [-0.05, 0) is 68.4 Å². The van der Waals surface area contributed by atoms with Crippen molar-refractivity contribution in [1.29, 1.82) is 0 Å². The van der Waals surface area contributed by atoms with E-state index in [1.54, 1.807) is 12.1 Å². The number of ether oxygens (including phenoxy) is 2. The number of carboxylic acid groups (broad SMARTS) is 1. The van der Waals surface area contributed by atoms with E-state index in [-0.39, 0.29) is 17.1 Å². The van der Waals surface area contributed by atoms with Crippen molar-refractivity contribution in [2.45, 2.75) is 67.7 Å². The Labute approximate surface area is 223 Å². The molecule has 0 saturated carbocycles. The number of allylic oxidation sites excluding steroid dienone is 5. The van der Waals surface area contributed by atoms with Crippen molar-refractivity contribution in [2.24, 2.45) is 5.92 Å². The van der Waals surface area contributed by atoms with Gasteiger partial charge in [-0.25, -0.2) is 4.79 Å². The first-order chi connectivity index (χ1) is 17.6. The molecular weight excluding hydrogens is 462 g/mol. The highest BCUT2D eigenvalue weighted by Crippen LogP contribution is 2.39. The predicted octanol–water partition coefficient (Wildman–Crippen LogP) is 8.95. The van der Waals surface area contributed by atoms with E-state index in [4.69, 9.17) is 9.47 Å².